The molecule has 0 spiro atoms. The highest BCUT2D eigenvalue weighted by Crippen LogP contribution is 2.23. The third-order valence-corrected chi connectivity index (χ3v) is 3.34. The van der Waals surface area contributed by atoms with Crippen molar-refractivity contribution >= 4 is 5.84 Å². The molecule has 4 nitrogen and oxygen atoms in total. The van der Waals surface area contributed by atoms with Crippen molar-refractivity contribution in [3.63, 3.8) is 0 Å². The number of para-hydroxylation sites is 1. The van der Waals surface area contributed by atoms with Crippen molar-refractivity contribution in [3.8, 4) is 5.75 Å². The third kappa shape index (κ3) is 5.11. The van der Waals surface area contributed by atoms with Crippen molar-refractivity contribution in [2.45, 2.75) is 52.4 Å². The smallest absolute Gasteiger partial charge is 0.173 e. The van der Waals surface area contributed by atoms with Gasteiger partial charge in [-0.2, -0.15) is 0 Å². The fraction of sp³-hybridized carbons (Fsp3) is 0.562. The summed E-state index contributed by atoms with van der Waals surface area (Å²) in [6.07, 6.45) is 7.36. The van der Waals surface area contributed by atoms with Gasteiger partial charge in [-0.1, -0.05) is 56.3 Å². The molecule has 1 aromatic rings. The van der Waals surface area contributed by atoms with Gasteiger partial charge in [-0.3, -0.25) is 0 Å². The van der Waals surface area contributed by atoms with Crippen LogP contribution in [0.4, 0.5) is 0 Å². The lowest BCUT2D eigenvalue weighted by Crippen LogP contribution is -2.15. The average Bonchev–Trinajstić information content (AvgIpc) is 2.46. The zero-order valence-electron chi connectivity index (χ0n) is 12.6. The molecule has 0 aromatic heterocycles. The van der Waals surface area contributed by atoms with Crippen LogP contribution in [0, 0.1) is 6.92 Å². The molecule has 0 aliphatic rings. The zero-order valence-corrected chi connectivity index (χ0v) is 12.6. The van der Waals surface area contributed by atoms with Gasteiger partial charge in [0.1, 0.15) is 5.75 Å². The second-order valence-corrected chi connectivity index (χ2v) is 5.05. The minimum absolute atomic E-state index is 0.0895. The van der Waals surface area contributed by atoms with Crippen LogP contribution in [0.15, 0.2) is 23.4 Å². The minimum atomic E-state index is 0.0895. The summed E-state index contributed by atoms with van der Waals surface area (Å²) in [6, 6.07) is 5.64. The van der Waals surface area contributed by atoms with Crippen LogP contribution in [-0.2, 0) is 0 Å². The highest BCUT2D eigenvalue weighted by molar-refractivity contribution is 5.99. The van der Waals surface area contributed by atoms with Crippen LogP contribution in [0.25, 0.3) is 0 Å². The number of nitrogens with two attached hydrogens (primary N) is 1. The van der Waals surface area contributed by atoms with E-state index >= 15 is 0 Å². The van der Waals surface area contributed by atoms with E-state index in [9.17, 15) is 0 Å². The predicted octanol–water partition coefficient (Wildman–Crippen LogP) is 3.83. The first-order chi connectivity index (χ1) is 9.70. The molecule has 0 fully saturated rings. The van der Waals surface area contributed by atoms with Gasteiger partial charge in [-0.05, 0) is 25.0 Å². The summed E-state index contributed by atoms with van der Waals surface area (Å²) in [5.74, 6) is 0.808. The maximum Gasteiger partial charge on any atom is 0.173 e. The number of amidine groups is 1. The summed E-state index contributed by atoms with van der Waals surface area (Å²) in [4.78, 5) is 0. The van der Waals surface area contributed by atoms with Crippen molar-refractivity contribution in [2.24, 2.45) is 10.9 Å². The summed E-state index contributed by atoms with van der Waals surface area (Å²) >= 11 is 0. The van der Waals surface area contributed by atoms with E-state index in [1.807, 2.05) is 19.1 Å². The number of hydrogen-bond acceptors (Lipinski definition) is 3. The Balaban J connectivity index is 2.47. The maximum atomic E-state index is 8.80. The topological polar surface area (TPSA) is 67.8 Å². The van der Waals surface area contributed by atoms with Gasteiger partial charge in [0.25, 0.3) is 0 Å². The van der Waals surface area contributed by atoms with E-state index in [0.29, 0.717) is 12.2 Å². The first-order valence-corrected chi connectivity index (χ1v) is 7.41. The fourth-order valence-corrected chi connectivity index (χ4v) is 2.16. The van der Waals surface area contributed by atoms with E-state index in [4.69, 9.17) is 15.7 Å². The Labute approximate surface area is 121 Å². The van der Waals surface area contributed by atoms with E-state index in [0.717, 1.165) is 17.7 Å². The zero-order chi connectivity index (χ0) is 14.8. The normalized spacial score (nSPS) is 11.6. The number of aryl methyl sites for hydroxylation is 1. The first kappa shape index (κ1) is 16.3. The van der Waals surface area contributed by atoms with Crippen LogP contribution in [0.5, 0.6) is 5.75 Å². The molecule has 0 aliphatic heterocycles. The van der Waals surface area contributed by atoms with Gasteiger partial charge in [0, 0.05) is 0 Å². The minimum Gasteiger partial charge on any atom is -0.493 e. The Kier molecular flexibility index (Phi) is 7.55. The Morgan fingerprint density at radius 1 is 1.20 bits per heavy atom. The molecular formula is C16H26N2O2. The number of rotatable bonds is 9. The molecule has 0 bridgehead atoms. The quantitative estimate of drug-likeness (QED) is 0.237. The number of unbranched alkanes of at least 4 members (excludes halogenated alkanes) is 5. The second kappa shape index (κ2) is 9.23. The lowest BCUT2D eigenvalue weighted by molar-refractivity contribution is 0.300. The number of ether oxygens (including phenoxy) is 1. The van der Waals surface area contributed by atoms with E-state index in [2.05, 4.69) is 12.1 Å². The number of benzene rings is 1. The van der Waals surface area contributed by atoms with Crippen LogP contribution in [0.3, 0.4) is 0 Å². The van der Waals surface area contributed by atoms with Gasteiger partial charge >= 0.3 is 0 Å². The van der Waals surface area contributed by atoms with Crippen molar-refractivity contribution in [2.75, 3.05) is 6.61 Å². The van der Waals surface area contributed by atoms with Crippen molar-refractivity contribution in [3.05, 3.63) is 29.3 Å². The summed E-state index contributed by atoms with van der Waals surface area (Å²) in [5, 5.41) is 11.9. The van der Waals surface area contributed by atoms with E-state index in [1.165, 1.54) is 32.1 Å². The van der Waals surface area contributed by atoms with Gasteiger partial charge in [-0.15, -0.1) is 0 Å². The summed E-state index contributed by atoms with van der Waals surface area (Å²) < 4.78 is 5.83. The molecule has 0 saturated heterocycles. The molecule has 1 rings (SSSR count). The van der Waals surface area contributed by atoms with Crippen molar-refractivity contribution in [1.29, 1.82) is 0 Å². The molecule has 0 atom stereocenters. The van der Waals surface area contributed by atoms with Crippen LogP contribution < -0.4 is 10.5 Å². The standard InChI is InChI=1S/C16H26N2O2/c1-3-4-5-6-7-8-12-20-15-13(2)10-9-11-14(15)16(17)18-19/h9-11,19H,3-8,12H2,1-2H3,(H2,17,18). The van der Waals surface area contributed by atoms with Crippen LogP contribution in [-0.4, -0.2) is 17.6 Å². The van der Waals surface area contributed by atoms with Gasteiger partial charge in [-0.25, -0.2) is 0 Å². The van der Waals surface area contributed by atoms with Crippen molar-refractivity contribution < 1.29 is 9.94 Å². The largest absolute Gasteiger partial charge is 0.493 e. The van der Waals surface area contributed by atoms with Crippen LogP contribution in [0.1, 0.15) is 56.6 Å². The molecule has 3 N–H and O–H groups in total. The molecule has 0 unspecified atom stereocenters. The van der Waals surface area contributed by atoms with Crippen LogP contribution in [0.2, 0.25) is 0 Å². The number of oxime groups is 1. The monoisotopic (exact) mass is 278 g/mol. The molecule has 1 aromatic carbocycles. The molecular weight excluding hydrogens is 252 g/mol. The summed E-state index contributed by atoms with van der Waals surface area (Å²) in [6.45, 7) is 4.85. The van der Waals surface area contributed by atoms with Gasteiger partial charge in [0.2, 0.25) is 0 Å². The highest BCUT2D eigenvalue weighted by Gasteiger charge is 2.10. The summed E-state index contributed by atoms with van der Waals surface area (Å²) in [5.41, 5.74) is 7.32. The Morgan fingerprint density at radius 3 is 2.60 bits per heavy atom. The molecule has 0 radical (unpaired) electrons. The first-order valence-electron chi connectivity index (χ1n) is 7.41. The molecule has 0 aliphatic carbocycles. The lowest BCUT2D eigenvalue weighted by Gasteiger charge is -2.13. The summed E-state index contributed by atoms with van der Waals surface area (Å²) in [7, 11) is 0. The Hall–Kier alpha value is -1.71. The fourth-order valence-electron chi connectivity index (χ4n) is 2.16. The predicted molar refractivity (Wildman–Crippen MR) is 82.6 cm³/mol. The molecule has 0 saturated carbocycles. The Bertz CT molecular complexity index is 430. The average molecular weight is 278 g/mol. The van der Waals surface area contributed by atoms with Gasteiger partial charge in [0.05, 0.1) is 12.2 Å². The van der Waals surface area contributed by atoms with E-state index in [1.54, 1.807) is 6.07 Å². The lowest BCUT2D eigenvalue weighted by atomic mass is 10.1. The van der Waals surface area contributed by atoms with Crippen molar-refractivity contribution in [1.82, 2.24) is 0 Å². The van der Waals surface area contributed by atoms with E-state index < -0.39 is 0 Å². The third-order valence-electron chi connectivity index (χ3n) is 3.34. The van der Waals surface area contributed by atoms with Crippen LogP contribution >= 0.6 is 0 Å². The molecule has 0 amide bonds. The number of nitrogens with zero attached hydrogens (tertiary/aromatic N) is 1. The second-order valence-electron chi connectivity index (χ2n) is 5.05. The SMILES string of the molecule is CCCCCCCCOc1c(C)cccc1/C(N)=N/O. The number of hydrogen-bond donors (Lipinski definition) is 2. The maximum absolute atomic E-state index is 8.80. The highest BCUT2D eigenvalue weighted by atomic mass is 16.5. The molecule has 20 heavy (non-hydrogen) atoms. The van der Waals surface area contributed by atoms with Gasteiger partial charge < -0.3 is 15.7 Å². The van der Waals surface area contributed by atoms with Gasteiger partial charge in [0.15, 0.2) is 5.84 Å². The molecule has 4 heteroatoms. The van der Waals surface area contributed by atoms with E-state index in [-0.39, 0.29) is 5.84 Å². The molecule has 0 heterocycles. The molecule has 112 valence electrons. The Morgan fingerprint density at radius 2 is 1.90 bits per heavy atom.